The average molecular weight is 253 g/mol. The zero-order valence-electron chi connectivity index (χ0n) is 9.97. The van der Waals surface area contributed by atoms with E-state index in [4.69, 9.17) is 4.74 Å². The van der Waals surface area contributed by atoms with Gasteiger partial charge in [0.25, 0.3) is 0 Å². The van der Waals surface area contributed by atoms with Gasteiger partial charge in [-0.05, 0) is 31.6 Å². The number of aliphatic hydroxyl groups is 1. The van der Waals surface area contributed by atoms with Gasteiger partial charge in [0.2, 0.25) is 0 Å². The molecule has 2 atom stereocenters. The summed E-state index contributed by atoms with van der Waals surface area (Å²) in [5.74, 6) is 0.349. The Morgan fingerprint density at radius 3 is 3.00 bits per heavy atom. The molecule has 1 aliphatic carbocycles. The second-order valence-electron chi connectivity index (χ2n) is 5.34. The third-order valence-electron chi connectivity index (χ3n) is 4.24. The van der Waals surface area contributed by atoms with E-state index in [0.717, 1.165) is 24.3 Å². The summed E-state index contributed by atoms with van der Waals surface area (Å²) in [7, 11) is 0. The predicted molar refractivity (Wildman–Crippen MR) is 66.9 cm³/mol. The maximum atomic E-state index is 10.4. The second kappa shape index (κ2) is 4.67. The number of ether oxygens (including phenoxy) is 1. The molecule has 0 aromatic carbocycles. The van der Waals surface area contributed by atoms with Crippen LogP contribution in [0.25, 0.3) is 0 Å². The molecule has 0 radical (unpaired) electrons. The molecule has 1 saturated carbocycles. The lowest BCUT2D eigenvalue weighted by atomic mass is 9.81. The number of hydrogen-bond acceptors (Lipinski definition) is 4. The second-order valence-corrected chi connectivity index (χ2v) is 6.26. The molecule has 94 valence electrons. The molecule has 2 heterocycles. The van der Waals surface area contributed by atoms with Gasteiger partial charge < -0.3 is 9.84 Å². The van der Waals surface area contributed by atoms with Crippen molar-refractivity contribution >= 4 is 11.3 Å². The fraction of sp³-hybridized carbons (Fsp3) is 0.769. The van der Waals surface area contributed by atoms with E-state index < -0.39 is 0 Å². The normalized spacial score (nSPS) is 29.6. The van der Waals surface area contributed by atoms with Crippen LogP contribution in [0.5, 0.6) is 0 Å². The minimum Gasteiger partial charge on any atom is -0.387 e. The van der Waals surface area contributed by atoms with Gasteiger partial charge in [0.1, 0.15) is 0 Å². The Balaban J connectivity index is 1.71. The summed E-state index contributed by atoms with van der Waals surface area (Å²) >= 11 is 1.55. The number of nitrogens with zero attached hydrogens (tertiary/aromatic N) is 1. The standard InChI is InChI=1S/C13H19NO2S/c15-12(11-8-14-9-17-11)10-3-6-16-13(7-10)4-1-2-5-13/h8-10,12,15H,1-7H2. The van der Waals surface area contributed by atoms with Crippen LogP contribution < -0.4 is 0 Å². The Kier molecular flexibility index (Phi) is 3.19. The molecule has 2 aliphatic rings. The van der Waals surface area contributed by atoms with Crippen molar-refractivity contribution in [1.29, 1.82) is 0 Å². The Hall–Kier alpha value is -0.450. The van der Waals surface area contributed by atoms with Crippen LogP contribution in [-0.2, 0) is 4.74 Å². The minimum absolute atomic E-state index is 0.0918. The average Bonchev–Trinajstić information content (AvgIpc) is 3.00. The van der Waals surface area contributed by atoms with Gasteiger partial charge in [-0.3, -0.25) is 4.98 Å². The van der Waals surface area contributed by atoms with Gasteiger partial charge >= 0.3 is 0 Å². The molecule has 4 heteroatoms. The van der Waals surface area contributed by atoms with Crippen molar-refractivity contribution in [2.45, 2.75) is 50.2 Å². The molecule has 1 N–H and O–H groups in total. The highest BCUT2D eigenvalue weighted by molar-refractivity contribution is 7.09. The number of aliphatic hydroxyl groups excluding tert-OH is 1. The van der Waals surface area contributed by atoms with Crippen LogP contribution in [0.3, 0.4) is 0 Å². The molecular weight excluding hydrogens is 234 g/mol. The van der Waals surface area contributed by atoms with Gasteiger partial charge in [-0.25, -0.2) is 0 Å². The van der Waals surface area contributed by atoms with Gasteiger partial charge in [0, 0.05) is 12.8 Å². The highest BCUT2D eigenvalue weighted by Gasteiger charge is 2.42. The number of thiazole rings is 1. The molecule has 0 bridgehead atoms. The molecule has 3 nitrogen and oxygen atoms in total. The lowest BCUT2D eigenvalue weighted by Gasteiger charge is -2.39. The van der Waals surface area contributed by atoms with E-state index in [1.165, 1.54) is 25.7 Å². The number of aromatic nitrogens is 1. The first-order valence-electron chi connectivity index (χ1n) is 6.50. The van der Waals surface area contributed by atoms with Crippen molar-refractivity contribution in [3.05, 3.63) is 16.6 Å². The molecular formula is C13H19NO2S. The number of hydrogen-bond donors (Lipinski definition) is 1. The van der Waals surface area contributed by atoms with Gasteiger partial charge in [-0.1, -0.05) is 12.8 Å². The first-order valence-corrected chi connectivity index (χ1v) is 7.37. The summed E-state index contributed by atoms with van der Waals surface area (Å²) in [4.78, 5) is 5.06. The van der Waals surface area contributed by atoms with Gasteiger partial charge in [0.15, 0.2) is 0 Å². The lowest BCUT2D eigenvalue weighted by molar-refractivity contribution is -0.113. The van der Waals surface area contributed by atoms with Crippen molar-refractivity contribution in [3.63, 3.8) is 0 Å². The molecule has 1 aromatic rings. The minimum atomic E-state index is -0.344. The molecule has 1 spiro atoms. The molecule has 17 heavy (non-hydrogen) atoms. The summed E-state index contributed by atoms with van der Waals surface area (Å²) in [6.45, 7) is 0.806. The topological polar surface area (TPSA) is 42.4 Å². The smallest absolute Gasteiger partial charge is 0.0927 e. The molecule has 0 amide bonds. The Morgan fingerprint density at radius 1 is 1.47 bits per heavy atom. The van der Waals surface area contributed by atoms with Crippen molar-refractivity contribution in [1.82, 2.24) is 4.98 Å². The number of rotatable bonds is 2. The van der Waals surface area contributed by atoms with Crippen molar-refractivity contribution in [2.24, 2.45) is 5.92 Å². The summed E-state index contributed by atoms with van der Waals surface area (Å²) in [5.41, 5.74) is 1.89. The lowest BCUT2D eigenvalue weighted by Crippen LogP contribution is -2.39. The van der Waals surface area contributed by atoms with Crippen LogP contribution in [-0.4, -0.2) is 22.3 Å². The van der Waals surface area contributed by atoms with E-state index in [1.807, 2.05) is 0 Å². The zero-order chi connectivity index (χ0) is 11.7. The first kappa shape index (κ1) is 11.6. The largest absolute Gasteiger partial charge is 0.387 e. The van der Waals surface area contributed by atoms with Gasteiger partial charge in [-0.2, -0.15) is 0 Å². The van der Waals surface area contributed by atoms with Crippen molar-refractivity contribution < 1.29 is 9.84 Å². The highest BCUT2D eigenvalue weighted by atomic mass is 32.1. The van der Waals surface area contributed by atoms with E-state index >= 15 is 0 Å². The third kappa shape index (κ3) is 2.26. The maximum absolute atomic E-state index is 10.4. The summed E-state index contributed by atoms with van der Waals surface area (Å²) in [6.07, 6.45) is 8.37. The van der Waals surface area contributed by atoms with Crippen molar-refractivity contribution in [3.8, 4) is 0 Å². The molecule has 1 saturated heterocycles. The summed E-state index contributed by atoms with van der Waals surface area (Å²) in [6, 6.07) is 0. The summed E-state index contributed by atoms with van der Waals surface area (Å²) in [5, 5.41) is 10.4. The monoisotopic (exact) mass is 253 g/mol. The first-order chi connectivity index (χ1) is 8.29. The SMILES string of the molecule is OC(c1cncs1)C1CCOC2(CCCC2)C1. The fourth-order valence-electron chi connectivity index (χ4n) is 3.31. The van der Waals surface area contributed by atoms with Crippen molar-refractivity contribution in [2.75, 3.05) is 6.61 Å². The van der Waals surface area contributed by atoms with E-state index in [2.05, 4.69) is 4.98 Å². The quantitative estimate of drug-likeness (QED) is 0.881. The molecule has 2 fully saturated rings. The molecule has 2 unspecified atom stereocenters. The Morgan fingerprint density at radius 2 is 2.29 bits per heavy atom. The van der Waals surface area contributed by atoms with Crippen LogP contribution >= 0.6 is 11.3 Å². The molecule has 3 rings (SSSR count). The highest BCUT2D eigenvalue weighted by Crippen LogP contribution is 2.45. The van der Waals surface area contributed by atoms with Crippen LogP contribution in [0, 0.1) is 5.92 Å². The van der Waals surface area contributed by atoms with Crippen LogP contribution in [0.2, 0.25) is 0 Å². The van der Waals surface area contributed by atoms with Gasteiger partial charge in [0.05, 0.1) is 22.1 Å². The van der Waals surface area contributed by atoms with E-state index in [-0.39, 0.29) is 11.7 Å². The molecule has 1 aromatic heterocycles. The fourth-order valence-corrected chi connectivity index (χ4v) is 4.00. The predicted octanol–water partition coefficient (Wildman–Crippen LogP) is 2.92. The van der Waals surface area contributed by atoms with E-state index in [9.17, 15) is 5.11 Å². The maximum Gasteiger partial charge on any atom is 0.0927 e. The Bertz CT molecular complexity index is 360. The van der Waals surface area contributed by atoms with E-state index in [1.54, 1.807) is 23.0 Å². The van der Waals surface area contributed by atoms with Crippen LogP contribution in [0.4, 0.5) is 0 Å². The summed E-state index contributed by atoms with van der Waals surface area (Å²) < 4.78 is 6.00. The van der Waals surface area contributed by atoms with Gasteiger partial charge in [-0.15, -0.1) is 11.3 Å². The van der Waals surface area contributed by atoms with Crippen LogP contribution in [0.15, 0.2) is 11.7 Å². The van der Waals surface area contributed by atoms with Crippen LogP contribution in [0.1, 0.15) is 49.5 Å². The Labute approximate surface area is 106 Å². The molecule has 1 aliphatic heterocycles. The van der Waals surface area contributed by atoms with E-state index in [0.29, 0.717) is 5.92 Å². The third-order valence-corrected chi connectivity index (χ3v) is 5.08. The zero-order valence-corrected chi connectivity index (χ0v) is 10.8.